The number of ether oxygens (including phenoxy) is 1. The minimum Gasteiger partial charge on any atom is -0.383 e. The van der Waals surface area contributed by atoms with E-state index in [0.29, 0.717) is 25.7 Å². The number of amides is 1. The third-order valence-corrected chi connectivity index (χ3v) is 2.89. The van der Waals surface area contributed by atoms with E-state index in [1.54, 1.807) is 26.3 Å². The Bertz CT molecular complexity index is 477. The molecule has 0 saturated heterocycles. The molecule has 22 heavy (non-hydrogen) atoms. The van der Waals surface area contributed by atoms with Crippen LogP contribution < -0.4 is 16.0 Å². The van der Waals surface area contributed by atoms with Crippen LogP contribution in [0.1, 0.15) is 5.56 Å². The SMILES string of the molecule is CN=C(NCCc1ccc(F)cc1)NCC(=O)NCCOC. The van der Waals surface area contributed by atoms with Gasteiger partial charge in [0.2, 0.25) is 5.91 Å². The Hall–Kier alpha value is -2.15. The molecular weight excluding hydrogens is 287 g/mol. The molecule has 1 aromatic carbocycles. The van der Waals surface area contributed by atoms with Crippen molar-refractivity contribution in [1.82, 2.24) is 16.0 Å². The summed E-state index contributed by atoms with van der Waals surface area (Å²) in [7, 11) is 3.22. The topological polar surface area (TPSA) is 74.8 Å². The Kier molecular flexibility index (Phi) is 8.59. The van der Waals surface area contributed by atoms with Crippen molar-refractivity contribution in [3.05, 3.63) is 35.6 Å². The minimum absolute atomic E-state index is 0.126. The number of nitrogens with one attached hydrogen (secondary N) is 3. The molecule has 0 aliphatic carbocycles. The number of rotatable bonds is 8. The summed E-state index contributed by atoms with van der Waals surface area (Å²) in [5, 5.41) is 8.72. The molecule has 6 nitrogen and oxygen atoms in total. The van der Waals surface area contributed by atoms with Gasteiger partial charge >= 0.3 is 0 Å². The van der Waals surface area contributed by atoms with E-state index in [-0.39, 0.29) is 18.3 Å². The Balaban J connectivity index is 2.22. The van der Waals surface area contributed by atoms with E-state index in [0.717, 1.165) is 12.0 Å². The summed E-state index contributed by atoms with van der Waals surface area (Å²) in [6.45, 7) is 1.74. The lowest BCUT2D eigenvalue weighted by Crippen LogP contribution is -2.44. The number of guanidine groups is 1. The fraction of sp³-hybridized carbons (Fsp3) is 0.467. The molecule has 0 aromatic heterocycles. The molecule has 1 aromatic rings. The number of aliphatic imine (C=N–C) groups is 1. The molecule has 1 amide bonds. The van der Waals surface area contributed by atoms with Gasteiger partial charge in [0.15, 0.2) is 5.96 Å². The minimum atomic E-state index is -0.242. The van der Waals surface area contributed by atoms with Crippen molar-refractivity contribution < 1.29 is 13.9 Å². The van der Waals surface area contributed by atoms with Gasteiger partial charge in [0, 0.05) is 27.2 Å². The van der Waals surface area contributed by atoms with Crippen LogP contribution in [0.3, 0.4) is 0 Å². The van der Waals surface area contributed by atoms with Crippen molar-refractivity contribution in [1.29, 1.82) is 0 Å². The highest BCUT2D eigenvalue weighted by atomic mass is 19.1. The van der Waals surface area contributed by atoms with E-state index >= 15 is 0 Å². The third-order valence-electron chi connectivity index (χ3n) is 2.89. The van der Waals surface area contributed by atoms with E-state index in [1.807, 2.05) is 0 Å². The van der Waals surface area contributed by atoms with E-state index < -0.39 is 0 Å². The molecule has 3 N–H and O–H groups in total. The van der Waals surface area contributed by atoms with Crippen molar-refractivity contribution in [3.63, 3.8) is 0 Å². The Morgan fingerprint density at radius 2 is 1.91 bits per heavy atom. The standard InChI is InChI=1S/C15H23FN4O2/c1-17-15(20-11-14(21)18-9-10-22-2)19-8-7-12-3-5-13(16)6-4-12/h3-6H,7-11H2,1-2H3,(H,18,21)(H2,17,19,20). The van der Waals surface area contributed by atoms with E-state index in [4.69, 9.17) is 4.74 Å². The molecule has 0 aliphatic heterocycles. The molecule has 0 heterocycles. The fourth-order valence-electron chi connectivity index (χ4n) is 1.72. The number of hydrogen-bond donors (Lipinski definition) is 3. The summed E-state index contributed by atoms with van der Waals surface area (Å²) >= 11 is 0. The molecule has 0 atom stereocenters. The molecule has 0 fully saturated rings. The number of halogens is 1. The molecule has 0 spiro atoms. The van der Waals surface area contributed by atoms with Gasteiger partial charge in [-0.3, -0.25) is 9.79 Å². The molecule has 122 valence electrons. The van der Waals surface area contributed by atoms with Gasteiger partial charge in [-0.2, -0.15) is 0 Å². The molecular formula is C15H23FN4O2. The first-order valence-corrected chi connectivity index (χ1v) is 7.10. The maximum Gasteiger partial charge on any atom is 0.239 e. The van der Waals surface area contributed by atoms with Crippen LogP contribution in [0.5, 0.6) is 0 Å². The van der Waals surface area contributed by atoms with Gasteiger partial charge in [0.1, 0.15) is 5.82 Å². The van der Waals surface area contributed by atoms with Crippen molar-refractivity contribution in [2.45, 2.75) is 6.42 Å². The second-order valence-corrected chi connectivity index (χ2v) is 4.57. The smallest absolute Gasteiger partial charge is 0.239 e. The van der Waals surface area contributed by atoms with E-state index in [1.165, 1.54) is 12.1 Å². The predicted octanol–water partition coefficient (Wildman–Crippen LogP) is 0.296. The number of nitrogens with zero attached hydrogens (tertiary/aromatic N) is 1. The highest BCUT2D eigenvalue weighted by Crippen LogP contribution is 2.02. The number of benzene rings is 1. The zero-order valence-corrected chi connectivity index (χ0v) is 13.0. The van der Waals surface area contributed by atoms with Gasteiger partial charge in [0.05, 0.1) is 13.2 Å². The average Bonchev–Trinajstić information content (AvgIpc) is 2.52. The van der Waals surface area contributed by atoms with Crippen molar-refractivity contribution >= 4 is 11.9 Å². The molecule has 0 bridgehead atoms. The fourth-order valence-corrected chi connectivity index (χ4v) is 1.72. The van der Waals surface area contributed by atoms with Gasteiger partial charge in [0.25, 0.3) is 0 Å². The third kappa shape index (κ3) is 7.58. The summed E-state index contributed by atoms with van der Waals surface area (Å²) < 4.78 is 17.6. The maximum atomic E-state index is 12.8. The second kappa shape index (κ2) is 10.6. The molecule has 7 heteroatoms. The average molecular weight is 310 g/mol. The van der Waals surface area contributed by atoms with Crippen LogP contribution in [0, 0.1) is 5.82 Å². The maximum absolute atomic E-state index is 12.8. The van der Waals surface area contributed by atoms with Gasteiger partial charge in [-0.1, -0.05) is 12.1 Å². The number of carbonyl (C=O) groups excluding carboxylic acids is 1. The van der Waals surface area contributed by atoms with Crippen LogP contribution in [0.2, 0.25) is 0 Å². The van der Waals surface area contributed by atoms with Crippen LogP contribution in [-0.2, 0) is 16.0 Å². The van der Waals surface area contributed by atoms with Crippen molar-refractivity contribution in [2.24, 2.45) is 4.99 Å². The molecule has 0 aliphatic rings. The molecule has 1 rings (SSSR count). The van der Waals surface area contributed by atoms with Gasteiger partial charge in [-0.15, -0.1) is 0 Å². The monoisotopic (exact) mass is 310 g/mol. The number of hydrogen-bond acceptors (Lipinski definition) is 3. The first-order chi connectivity index (χ1) is 10.7. The molecule has 0 saturated carbocycles. The Morgan fingerprint density at radius 1 is 1.18 bits per heavy atom. The molecule has 0 unspecified atom stereocenters. The van der Waals surface area contributed by atoms with Gasteiger partial charge < -0.3 is 20.7 Å². The summed E-state index contributed by atoms with van der Waals surface area (Å²) in [4.78, 5) is 15.5. The number of methoxy groups -OCH3 is 1. The largest absolute Gasteiger partial charge is 0.383 e. The highest BCUT2D eigenvalue weighted by Gasteiger charge is 2.03. The first-order valence-electron chi connectivity index (χ1n) is 7.10. The van der Waals surface area contributed by atoms with Crippen molar-refractivity contribution in [2.75, 3.05) is 40.4 Å². The Labute approximate surface area is 130 Å². The highest BCUT2D eigenvalue weighted by molar-refractivity contribution is 5.86. The summed E-state index contributed by atoms with van der Waals surface area (Å²) in [6.07, 6.45) is 0.737. The summed E-state index contributed by atoms with van der Waals surface area (Å²) in [6, 6.07) is 6.37. The Morgan fingerprint density at radius 3 is 2.55 bits per heavy atom. The quantitative estimate of drug-likeness (QED) is 0.367. The van der Waals surface area contributed by atoms with E-state index in [2.05, 4.69) is 20.9 Å². The van der Waals surface area contributed by atoms with Crippen LogP contribution in [0.25, 0.3) is 0 Å². The van der Waals surface area contributed by atoms with E-state index in [9.17, 15) is 9.18 Å². The van der Waals surface area contributed by atoms with Crippen LogP contribution in [0.15, 0.2) is 29.3 Å². The van der Waals surface area contributed by atoms with Crippen molar-refractivity contribution in [3.8, 4) is 0 Å². The zero-order valence-electron chi connectivity index (χ0n) is 13.0. The summed E-state index contributed by atoms with van der Waals surface area (Å²) in [5.41, 5.74) is 1.03. The molecule has 0 radical (unpaired) electrons. The first kappa shape index (κ1) is 17.9. The lowest BCUT2D eigenvalue weighted by molar-refractivity contribution is -0.120. The summed E-state index contributed by atoms with van der Waals surface area (Å²) in [5.74, 6) is 0.177. The van der Waals surface area contributed by atoms with Crippen LogP contribution in [0.4, 0.5) is 4.39 Å². The lowest BCUT2D eigenvalue weighted by Gasteiger charge is -2.12. The number of carbonyl (C=O) groups is 1. The predicted molar refractivity (Wildman–Crippen MR) is 84.4 cm³/mol. The zero-order chi connectivity index (χ0) is 16.2. The second-order valence-electron chi connectivity index (χ2n) is 4.57. The van der Waals surface area contributed by atoms with Crippen LogP contribution in [-0.4, -0.2) is 52.3 Å². The van der Waals surface area contributed by atoms with Crippen LogP contribution >= 0.6 is 0 Å². The van der Waals surface area contributed by atoms with Gasteiger partial charge in [-0.05, 0) is 24.1 Å². The normalized spacial score (nSPS) is 11.1. The van der Waals surface area contributed by atoms with Gasteiger partial charge in [-0.25, -0.2) is 4.39 Å². The lowest BCUT2D eigenvalue weighted by atomic mass is 10.1.